The molecule has 0 spiro atoms. The first-order chi connectivity index (χ1) is 13.4. The molecule has 2 heterocycles. The number of ether oxygens (including phenoxy) is 2. The van der Waals surface area contributed by atoms with Gasteiger partial charge in [0, 0.05) is 25.6 Å². The number of hydrogen-bond donors (Lipinski definition) is 2. The summed E-state index contributed by atoms with van der Waals surface area (Å²) in [5.41, 5.74) is 7.19. The fraction of sp³-hybridized carbons (Fsp3) is 0.450. The molecule has 0 bridgehead atoms. The molecule has 1 amide bonds. The number of aromatic nitrogens is 2. The Balaban J connectivity index is 1.86. The fourth-order valence-electron chi connectivity index (χ4n) is 3.18. The predicted molar refractivity (Wildman–Crippen MR) is 104 cm³/mol. The lowest BCUT2D eigenvalue weighted by Crippen LogP contribution is -2.29. The Labute approximate surface area is 164 Å². The van der Waals surface area contributed by atoms with Crippen LogP contribution in [0.5, 0.6) is 0 Å². The molecule has 148 valence electrons. The van der Waals surface area contributed by atoms with Gasteiger partial charge in [0.2, 0.25) is 0 Å². The molecule has 8 nitrogen and oxygen atoms in total. The SMILES string of the molecule is COC(C)(C)c1ccc(Nc2nn([C@@H]3COCC[C@H]3C#N)cc2C(N)=O)cc1. The molecule has 3 rings (SSSR count). The van der Waals surface area contributed by atoms with Crippen molar-refractivity contribution in [1.82, 2.24) is 9.78 Å². The van der Waals surface area contributed by atoms with Crippen LogP contribution in [0, 0.1) is 17.2 Å². The molecule has 1 aromatic heterocycles. The van der Waals surface area contributed by atoms with E-state index in [1.807, 2.05) is 38.1 Å². The molecule has 0 radical (unpaired) electrons. The Morgan fingerprint density at radius 1 is 1.43 bits per heavy atom. The Morgan fingerprint density at radius 3 is 2.75 bits per heavy atom. The number of methoxy groups -OCH3 is 1. The van der Waals surface area contributed by atoms with Crippen LogP contribution in [0.25, 0.3) is 0 Å². The summed E-state index contributed by atoms with van der Waals surface area (Å²) in [6.07, 6.45) is 2.21. The predicted octanol–water partition coefficient (Wildman–Crippen LogP) is 2.71. The zero-order valence-corrected chi connectivity index (χ0v) is 16.3. The lowest BCUT2D eigenvalue weighted by atomic mass is 9.97. The van der Waals surface area contributed by atoms with Gasteiger partial charge in [-0.25, -0.2) is 0 Å². The van der Waals surface area contributed by atoms with Crippen molar-refractivity contribution >= 4 is 17.4 Å². The molecule has 28 heavy (non-hydrogen) atoms. The number of primary amides is 1. The zero-order chi connectivity index (χ0) is 20.3. The van der Waals surface area contributed by atoms with Gasteiger partial charge < -0.3 is 20.5 Å². The Hall–Kier alpha value is -2.89. The largest absolute Gasteiger partial charge is 0.379 e. The van der Waals surface area contributed by atoms with Crippen LogP contribution in [0.3, 0.4) is 0 Å². The summed E-state index contributed by atoms with van der Waals surface area (Å²) < 4.78 is 12.6. The summed E-state index contributed by atoms with van der Waals surface area (Å²) >= 11 is 0. The molecule has 1 aromatic carbocycles. The minimum atomic E-state index is -0.587. The van der Waals surface area contributed by atoms with Crippen LogP contribution < -0.4 is 11.1 Å². The second-order valence-corrected chi connectivity index (χ2v) is 7.32. The molecule has 0 aliphatic carbocycles. The number of anilines is 2. The number of rotatable bonds is 6. The average molecular weight is 383 g/mol. The third-order valence-corrected chi connectivity index (χ3v) is 5.18. The van der Waals surface area contributed by atoms with Crippen molar-refractivity contribution in [3.63, 3.8) is 0 Å². The van der Waals surface area contributed by atoms with E-state index in [-0.39, 0.29) is 17.5 Å². The molecule has 2 atom stereocenters. The molecule has 1 fully saturated rings. The number of nitrogens with one attached hydrogen (secondary N) is 1. The molecule has 1 aliphatic heterocycles. The smallest absolute Gasteiger partial charge is 0.254 e. The zero-order valence-electron chi connectivity index (χ0n) is 16.3. The molecular weight excluding hydrogens is 358 g/mol. The molecule has 8 heteroatoms. The first-order valence-electron chi connectivity index (χ1n) is 9.14. The van der Waals surface area contributed by atoms with Gasteiger partial charge >= 0.3 is 0 Å². The van der Waals surface area contributed by atoms with Gasteiger partial charge in [-0.2, -0.15) is 10.4 Å². The highest BCUT2D eigenvalue weighted by atomic mass is 16.5. The minimum absolute atomic E-state index is 0.224. The van der Waals surface area contributed by atoms with E-state index in [2.05, 4.69) is 16.5 Å². The van der Waals surface area contributed by atoms with Crippen LogP contribution in [0.15, 0.2) is 30.5 Å². The summed E-state index contributed by atoms with van der Waals surface area (Å²) in [5, 5.41) is 17.0. The maximum Gasteiger partial charge on any atom is 0.254 e. The highest BCUT2D eigenvalue weighted by Crippen LogP contribution is 2.29. The highest BCUT2D eigenvalue weighted by Gasteiger charge is 2.29. The number of nitrogens with two attached hydrogens (primary N) is 1. The summed E-state index contributed by atoms with van der Waals surface area (Å²) in [5.74, 6) is -0.456. The molecule has 1 aliphatic rings. The number of nitriles is 1. The van der Waals surface area contributed by atoms with Gasteiger partial charge in [0.05, 0.1) is 30.2 Å². The van der Waals surface area contributed by atoms with Gasteiger partial charge in [-0.3, -0.25) is 9.48 Å². The van der Waals surface area contributed by atoms with Gasteiger partial charge in [-0.15, -0.1) is 0 Å². The monoisotopic (exact) mass is 383 g/mol. The molecule has 0 unspecified atom stereocenters. The second kappa shape index (κ2) is 8.00. The highest BCUT2D eigenvalue weighted by molar-refractivity contribution is 5.98. The van der Waals surface area contributed by atoms with Gasteiger partial charge in [0.25, 0.3) is 5.91 Å². The lowest BCUT2D eigenvalue weighted by Gasteiger charge is -2.26. The minimum Gasteiger partial charge on any atom is -0.379 e. The van der Waals surface area contributed by atoms with Crippen LogP contribution in [0.4, 0.5) is 11.5 Å². The molecule has 2 aromatic rings. The number of hydrogen-bond acceptors (Lipinski definition) is 6. The van der Waals surface area contributed by atoms with Crippen LogP contribution in [-0.2, 0) is 15.1 Å². The number of amides is 1. The number of nitrogens with zero attached hydrogens (tertiary/aromatic N) is 3. The van der Waals surface area contributed by atoms with Crippen molar-refractivity contribution in [2.75, 3.05) is 25.6 Å². The summed E-state index contributed by atoms with van der Waals surface area (Å²) in [4.78, 5) is 11.9. The van der Waals surface area contributed by atoms with Crippen molar-refractivity contribution in [2.24, 2.45) is 11.7 Å². The first-order valence-corrected chi connectivity index (χ1v) is 9.14. The Bertz CT molecular complexity index is 882. The Morgan fingerprint density at radius 2 is 2.14 bits per heavy atom. The molecular formula is C20H25N5O3. The molecule has 3 N–H and O–H groups in total. The second-order valence-electron chi connectivity index (χ2n) is 7.32. The number of carbonyl (C=O) groups is 1. The standard InChI is InChI=1S/C20H25N5O3/c1-20(2,27-3)14-4-6-15(7-5-14)23-19-16(18(22)26)11-25(24-19)17-12-28-9-8-13(17)10-21/h4-7,11,13,17H,8-9,12H2,1-3H3,(H2,22,26)(H,23,24)/t13-,17+/m0/s1. The van der Waals surface area contributed by atoms with Crippen LogP contribution in [0.1, 0.15) is 42.2 Å². The van der Waals surface area contributed by atoms with Crippen LogP contribution in [0.2, 0.25) is 0 Å². The number of benzene rings is 1. The van der Waals surface area contributed by atoms with E-state index in [1.54, 1.807) is 18.0 Å². The van der Waals surface area contributed by atoms with E-state index < -0.39 is 11.5 Å². The summed E-state index contributed by atoms with van der Waals surface area (Å²) in [6, 6.07) is 9.73. The third-order valence-electron chi connectivity index (χ3n) is 5.18. The van der Waals surface area contributed by atoms with Gasteiger partial charge in [-0.1, -0.05) is 12.1 Å². The van der Waals surface area contributed by atoms with Crippen LogP contribution >= 0.6 is 0 Å². The van der Waals surface area contributed by atoms with Gasteiger partial charge in [0.1, 0.15) is 5.56 Å². The van der Waals surface area contributed by atoms with Crippen molar-refractivity contribution < 1.29 is 14.3 Å². The van der Waals surface area contributed by atoms with E-state index in [0.29, 0.717) is 25.5 Å². The van der Waals surface area contributed by atoms with E-state index in [4.69, 9.17) is 15.2 Å². The summed E-state index contributed by atoms with van der Waals surface area (Å²) in [7, 11) is 1.67. The summed E-state index contributed by atoms with van der Waals surface area (Å²) in [6.45, 7) is 4.90. The molecule has 0 saturated carbocycles. The normalized spacial score (nSPS) is 19.8. The van der Waals surface area contributed by atoms with Crippen molar-refractivity contribution in [2.45, 2.75) is 31.9 Å². The van der Waals surface area contributed by atoms with E-state index in [1.165, 1.54) is 0 Å². The van der Waals surface area contributed by atoms with E-state index >= 15 is 0 Å². The lowest BCUT2D eigenvalue weighted by molar-refractivity contribution is 0.0192. The van der Waals surface area contributed by atoms with Crippen LogP contribution in [-0.4, -0.2) is 36.0 Å². The van der Waals surface area contributed by atoms with Gasteiger partial charge in [-0.05, 0) is 38.0 Å². The first kappa shape index (κ1) is 19.9. The van der Waals surface area contributed by atoms with Gasteiger partial charge in [0.15, 0.2) is 5.82 Å². The maximum absolute atomic E-state index is 11.9. The van der Waals surface area contributed by atoms with E-state index in [9.17, 15) is 10.1 Å². The molecule has 1 saturated heterocycles. The van der Waals surface area contributed by atoms with Crippen molar-refractivity contribution in [3.8, 4) is 6.07 Å². The number of carbonyl (C=O) groups excluding carboxylic acids is 1. The van der Waals surface area contributed by atoms with E-state index in [0.717, 1.165) is 11.3 Å². The fourth-order valence-corrected chi connectivity index (χ4v) is 3.18. The topological polar surface area (TPSA) is 115 Å². The maximum atomic E-state index is 11.9. The van der Waals surface area contributed by atoms with Crippen molar-refractivity contribution in [1.29, 1.82) is 5.26 Å². The van der Waals surface area contributed by atoms with Crippen molar-refractivity contribution in [3.05, 3.63) is 41.6 Å². The average Bonchev–Trinajstić information content (AvgIpc) is 3.12. The Kier molecular flexibility index (Phi) is 5.68. The third kappa shape index (κ3) is 4.01. The quantitative estimate of drug-likeness (QED) is 0.792.